The number of sulfonamides is 1. The van der Waals surface area contributed by atoms with Gasteiger partial charge in [0.15, 0.2) is 0 Å². The highest BCUT2D eigenvalue weighted by atomic mass is 79.9. The van der Waals surface area contributed by atoms with E-state index in [2.05, 4.69) is 38.8 Å². The molecule has 2 unspecified atom stereocenters. The topological polar surface area (TPSA) is 37.4 Å². The van der Waals surface area contributed by atoms with Crippen LogP contribution in [0.4, 0.5) is 0 Å². The third kappa shape index (κ3) is 3.24. The molecular weight excluding hydrogens is 429 g/mol. The predicted octanol–water partition coefficient (Wildman–Crippen LogP) is 4.16. The standard InChI is InChI=1S/C13H16Br2ClNO2S/c1-8-3-4-17(7-12(8)16)20(18,19)13-6-10(14)9(2)5-11(13)15/h5-6,8,12H,3-4,7H2,1-2H3. The SMILES string of the molecule is Cc1cc(Br)c(S(=O)(=O)N2CCC(C)C(Cl)C2)cc1Br. The van der Waals surface area contributed by atoms with Crippen LogP contribution in [-0.4, -0.2) is 31.2 Å². The maximum atomic E-state index is 12.7. The van der Waals surface area contributed by atoms with Crippen molar-refractivity contribution < 1.29 is 8.42 Å². The number of halogens is 3. The van der Waals surface area contributed by atoms with Crippen LogP contribution in [0.3, 0.4) is 0 Å². The lowest BCUT2D eigenvalue weighted by Crippen LogP contribution is -2.43. The summed E-state index contributed by atoms with van der Waals surface area (Å²) in [7, 11) is -3.52. The highest BCUT2D eigenvalue weighted by Gasteiger charge is 2.34. The third-order valence-electron chi connectivity index (χ3n) is 3.66. The Bertz CT molecular complexity index is 621. The van der Waals surface area contributed by atoms with Gasteiger partial charge < -0.3 is 0 Å². The molecule has 1 aliphatic rings. The van der Waals surface area contributed by atoms with Gasteiger partial charge in [0.05, 0.1) is 4.90 Å². The van der Waals surface area contributed by atoms with Gasteiger partial charge in [0.25, 0.3) is 0 Å². The molecule has 20 heavy (non-hydrogen) atoms. The number of hydrogen-bond acceptors (Lipinski definition) is 2. The van der Waals surface area contributed by atoms with E-state index in [1.165, 1.54) is 4.31 Å². The Kier molecular flexibility index (Phi) is 5.23. The molecule has 7 heteroatoms. The Balaban J connectivity index is 2.38. The van der Waals surface area contributed by atoms with E-state index in [0.717, 1.165) is 16.5 Å². The Hall–Kier alpha value is 0.380. The minimum absolute atomic E-state index is 0.133. The van der Waals surface area contributed by atoms with E-state index >= 15 is 0 Å². The smallest absolute Gasteiger partial charge is 0.207 e. The molecule has 0 N–H and O–H groups in total. The Morgan fingerprint density at radius 3 is 2.55 bits per heavy atom. The van der Waals surface area contributed by atoms with E-state index in [0.29, 0.717) is 23.5 Å². The van der Waals surface area contributed by atoms with Crippen molar-refractivity contribution in [3.05, 3.63) is 26.6 Å². The second kappa shape index (κ2) is 6.24. The molecule has 1 heterocycles. The average molecular weight is 446 g/mol. The van der Waals surface area contributed by atoms with Gasteiger partial charge in [-0.15, -0.1) is 11.6 Å². The molecule has 1 saturated heterocycles. The summed E-state index contributed by atoms with van der Waals surface area (Å²) in [5, 5.41) is -0.133. The fourth-order valence-electron chi connectivity index (χ4n) is 2.18. The lowest BCUT2D eigenvalue weighted by molar-refractivity contribution is 0.293. The summed E-state index contributed by atoms with van der Waals surface area (Å²) in [5.74, 6) is 0.344. The van der Waals surface area contributed by atoms with Crippen LogP contribution in [0.2, 0.25) is 0 Å². The van der Waals surface area contributed by atoms with E-state index in [9.17, 15) is 8.42 Å². The number of alkyl halides is 1. The molecule has 0 bridgehead atoms. The molecule has 2 atom stereocenters. The molecule has 0 spiro atoms. The predicted molar refractivity (Wildman–Crippen MR) is 88.8 cm³/mol. The zero-order chi connectivity index (χ0) is 15.1. The minimum Gasteiger partial charge on any atom is -0.207 e. The van der Waals surface area contributed by atoms with Gasteiger partial charge in [-0.1, -0.05) is 22.9 Å². The number of benzene rings is 1. The number of nitrogens with zero attached hydrogens (tertiary/aromatic N) is 1. The first-order valence-electron chi connectivity index (χ1n) is 6.33. The molecule has 112 valence electrons. The summed E-state index contributed by atoms with van der Waals surface area (Å²) in [6, 6.07) is 3.46. The summed E-state index contributed by atoms with van der Waals surface area (Å²) in [6.45, 7) is 4.86. The van der Waals surface area contributed by atoms with Crippen molar-refractivity contribution in [2.24, 2.45) is 5.92 Å². The number of rotatable bonds is 2. The molecular formula is C13H16Br2ClNO2S. The summed E-state index contributed by atoms with van der Waals surface area (Å²) in [6.07, 6.45) is 0.790. The fraction of sp³-hybridized carbons (Fsp3) is 0.538. The molecule has 3 nitrogen and oxygen atoms in total. The van der Waals surface area contributed by atoms with Gasteiger partial charge in [-0.25, -0.2) is 8.42 Å². The van der Waals surface area contributed by atoms with E-state index < -0.39 is 10.0 Å². The van der Waals surface area contributed by atoms with Crippen LogP contribution in [-0.2, 0) is 10.0 Å². The summed E-state index contributed by atoms with van der Waals surface area (Å²) < 4.78 is 28.3. The molecule has 1 aliphatic heterocycles. The van der Waals surface area contributed by atoms with Crippen LogP contribution < -0.4 is 0 Å². The lowest BCUT2D eigenvalue weighted by Gasteiger charge is -2.33. The number of piperidine rings is 1. The van der Waals surface area contributed by atoms with Crippen molar-refractivity contribution in [3.8, 4) is 0 Å². The molecule has 1 aromatic rings. The second-order valence-electron chi connectivity index (χ2n) is 5.18. The first-order valence-corrected chi connectivity index (χ1v) is 9.79. The number of aryl methyl sites for hydroxylation is 1. The Labute approximate surface area is 142 Å². The molecule has 1 fully saturated rings. The zero-order valence-electron chi connectivity index (χ0n) is 11.2. The van der Waals surface area contributed by atoms with Crippen LogP contribution in [0.25, 0.3) is 0 Å². The van der Waals surface area contributed by atoms with Crippen molar-refractivity contribution >= 4 is 53.5 Å². The van der Waals surface area contributed by atoms with Crippen LogP contribution >= 0.6 is 43.5 Å². The molecule has 0 aliphatic carbocycles. The van der Waals surface area contributed by atoms with Gasteiger partial charge in [-0.05, 0) is 52.9 Å². The van der Waals surface area contributed by atoms with Crippen molar-refractivity contribution in [1.29, 1.82) is 0 Å². The average Bonchev–Trinajstić information content (AvgIpc) is 2.36. The maximum absolute atomic E-state index is 12.7. The molecule has 1 aromatic carbocycles. The van der Waals surface area contributed by atoms with Crippen molar-refractivity contribution in [3.63, 3.8) is 0 Å². The van der Waals surface area contributed by atoms with Crippen LogP contribution in [0, 0.1) is 12.8 Å². The molecule has 2 rings (SSSR count). The second-order valence-corrected chi connectivity index (χ2v) is 9.35. The quantitative estimate of drug-likeness (QED) is 0.641. The lowest BCUT2D eigenvalue weighted by atomic mass is 10.0. The van der Waals surface area contributed by atoms with E-state index in [4.69, 9.17) is 11.6 Å². The summed E-state index contributed by atoms with van der Waals surface area (Å²) in [4.78, 5) is 0.286. The highest BCUT2D eigenvalue weighted by Crippen LogP contribution is 2.33. The third-order valence-corrected chi connectivity index (χ3v) is 7.91. The van der Waals surface area contributed by atoms with Crippen LogP contribution in [0.15, 0.2) is 26.0 Å². The minimum atomic E-state index is -3.52. The van der Waals surface area contributed by atoms with E-state index in [1.807, 2.05) is 13.0 Å². The van der Waals surface area contributed by atoms with E-state index in [-0.39, 0.29) is 10.3 Å². The van der Waals surface area contributed by atoms with Gasteiger partial charge in [-0.3, -0.25) is 0 Å². The van der Waals surface area contributed by atoms with E-state index in [1.54, 1.807) is 6.07 Å². The first kappa shape index (κ1) is 16.7. The first-order chi connectivity index (χ1) is 9.23. The monoisotopic (exact) mass is 443 g/mol. The Morgan fingerprint density at radius 2 is 1.95 bits per heavy atom. The van der Waals surface area contributed by atoms with Crippen molar-refractivity contribution in [2.75, 3.05) is 13.1 Å². The highest BCUT2D eigenvalue weighted by molar-refractivity contribution is 9.11. The van der Waals surface area contributed by atoms with Gasteiger partial charge >= 0.3 is 0 Å². The molecule has 0 radical (unpaired) electrons. The summed E-state index contributed by atoms with van der Waals surface area (Å²) in [5.41, 5.74) is 0.985. The number of hydrogen-bond donors (Lipinski definition) is 0. The summed E-state index contributed by atoms with van der Waals surface area (Å²) >= 11 is 13.0. The van der Waals surface area contributed by atoms with Crippen LogP contribution in [0.1, 0.15) is 18.9 Å². The molecule has 0 aromatic heterocycles. The van der Waals surface area contributed by atoms with Crippen molar-refractivity contribution in [2.45, 2.75) is 30.5 Å². The van der Waals surface area contributed by atoms with Gasteiger partial charge in [-0.2, -0.15) is 4.31 Å². The Morgan fingerprint density at radius 1 is 1.30 bits per heavy atom. The van der Waals surface area contributed by atoms with Gasteiger partial charge in [0, 0.05) is 27.4 Å². The molecule has 0 amide bonds. The van der Waals surface area contributed by atoms with Gasteiger partial charge in [0.2, 0.25) is 10.0 Å². The van der Waals surface area contributed by atoms with Crippen LogP contribution in [0.5, 0.6) is 0 Å². The zero-order valence-corrected chi connectivity index (χ0v) is 16.0. The van der Waals surface area contributed by atoms with Crippen molar-refractivity contribution in [1.82, 2.24) is 4.31 Å². The molecule has 0 saturated carbocycles. The fourth-order valence-corrected chi connectivity index (χ4v) is 5.67. The maximum Gasteiger partial charge on any atom is 0.244 e. The van der Waals surface area contributed by atoms with Gasteiger partial charge in [0.1, 0.15) is 0 Å². The normalized spacial score (nSPS) is 24.9. The largest absolute Gasteiger partial charge is 0.244 e.